The number of aromatic nitrogens is 1. The molecule has 2 atom stereocenters. The van der Waals surface area contributed by atoms with Crippen molar-refractivity contribution < 1.29 is 14.3 Å². The van der Waals surface area contributed by atoms with E-state index < -0.39 is 11.7 Å². The first-order valence-electron chi connectivity index (χ1n) is 8.06. The molecule has 0 aliphatic heterocycles. The van der Waals surface area contributed by atoms with Crippen LogP contribution in [0.1, 0.15) is 52.5 Å². The molecule has 0 radical (unpaired) electrons. The Morgan fingerprint density at radius 1 is 1.30 bits per heavy atom. The van der Waals surface area contributed by atoms with Crippen LogP contribution in [-0.4, -0.2) is 29.5 Å². The Hall–Kier alpha value is -1.82. The number of hydrogen-bond donors (Lipinski definition) is 1. The van der Waals surface area contributed by atoms with Gasteiger partial charge in [0.15, 0.2) is 0 Å². The Bertz CT molecular complexity index is 603. The van der Waals surface area contributed by atoms with Crippen molar-refractivity contribution in [2.45, 2.75) is 64.2 Å². The number of hydrogen-bond acceptors (Lipinski definition) is 4. The van der Waals surface area contributed by atoms with Gasteiger partial charge < -0.3 is 14.0 Å². The zero-order valence-electron chi connectivity index (χ0n) is 14.3. The molecule has 0 aromatic carbocycles. The smallest absolute Gasteiger partial charge is 0.412 e. The predicted octanol–water partition coefficient (Wildman–Crippen LogP) is 3.33. The molecule has 1 N–H and O–H groups in total. The highest BCUT2D eigenvalue weighted by molar-refractivity contribution is 5.84. The number of nitrogens with zero attached hydrogens (tertiary/aromatic N) is 1. The van der Waals surface area contributed by atoms with Crippen LogP contribution in [0.3, 0.4) is 0 Å². The van der Waals surface area contributed by atoms with Crippen LogP contribution >= 0.6 is 0 Å². The molecule has 1 aromatic rings. The van der Waals surface area contributed by atoms with Crippen LogP contribution in [0, 0.1) is 0 Å². The van der Waals surface area contributed by atoms with E-state index in [1.54, 1.807) is 50.8 Å². The fourth-order valence-electron chi connectivity index (χ4n) is 2.95. The molecule has 1 saturated carbocycles. The van der Waals surface area contributed by atoms with Crippen LogP contribution in [0.25, 0.3) is 0 Å². The molecule has 1 heterocycles. The maximum atomic E-state index is 12.7. The zero-order chi connectivity index (χ0) is 17.0. The SMILES string of the molecule is CO[C@H]1CCCC[C@H]1n1cccc(NC(=O)OC(C)(C)C)c1=O. The topological polar surface area (TPSA) is 69.6 Å². The monoisotopic (exact) mass is 322 g/mol. The second kappa shape index (κ2) is 7.17. The van der Waals surface area contributed by atoms with E-state index in [1.165, 1.54) is 0 Å². The second-order valence-electron chi connectivity index (χ2n) is 6.89. The van der Waals surface area contributed by atoms with Gasteiger partial charge in [0.2, 0.25) is 0 Å². The van der Waals surface area contributed by atoms with Gasteiger partial charge in [-0.2, -0.15) is 0 Å². The lowest BCUT2D eigenvalue weighted by Gasteiger charge is -2.32. The summed E-state index contributed by atoms with van der Waals surface area (Å²) >= 11 is 0. The lowest BCUT2D eigenvalue weighted by atomic mass is 9.92. The van der Waals surface area contributed by atoms with Crippen molar-refractivity contribution in [3.05, 3.63) is 28.7 Å². The van der Waals surface area contributed by atoms with Crippen molar-refractivity contribution in [3.63, 3.8) is 0 Å². The minimum absolute atomic E-state index is 0.00152. The molecular weight excluding hydrogens is 296 g/mol. The Balaban J connectivity index is 2.21. The number of methoxy groups -OCH3 is 1. The summed E-state index contributed by atoms with van der Waals surface area (Å²) < 4.78 is 12.4. The molecule has 0 unspecified atom stereocenters. The Kier molecular flexibility index (Phi) is 5.46. The van der Waals surface area contributed by atoms with E-state index in [0.29, 0.717) is 0 Å². The summed E-state index contributed by atoms with van der Waals surface area (Å²) in [6.07, 6.45) is 5.17. The molecule has 1 amide bonds. The quantitative estimate of drug-likeness (QED) is 0.927. The number of carbonyl (C=O) groups excluding carboxylic acids is 1. The van der Waals surface area contributed by atoms with Gasteiger partial charge in [-0.05, 0) is 45.7 Å². The molecular formula is C17H26N2O4. The van der Waals surface area contributed by atoms with Crippen molar-refractivity contribution in [2.75, 3.05) is 12.4 Å². The van der Waals surface area contributed by atoms with Crippen LogP contribution in [-0.2, 0) is 9.47 Å². The average Bonchev–Trinajstić information content (AvgIpc) is 2.47. The van der Waals surface area contributed by atoms with Crippen LogP contribution in [0.5, 0.6) is 0 Å². The van der Waals surface area contributed by atoms with Crippen LogP contribution in [0.2, 0.25) is 0 Å². The van der Waals surface area contributed by atoms with E-state index in [0.717, 1.165) is 25.7 Å². The van der Waals surface area contributed by atoms with Crippen molar-refractivity contribution in [2.24, 2.45) is 0 Å². The molecule has 2 rings (SSSR count). The van der Waals surface area contributed by atoms with Gasteiger partial charge in [-0.25, -0.2) is 4.79 Å². The van der Waals surface area contributed by atoms with Crippen molar-refractivity contribution in [3.8, 4) is 0 Å². The maximum absolute atomic E-state index is 12.7. The van der Waals surface area contributed by atoms with Crippen LogP contribution in [0.4, 0.5) is 10.5 Å². The predicted molar refractivity (Wildman–Crippen MR) is 88.9 cm³/mol. The van der Waals surface area contributed by atoms with Gasteiger partial charge in [-0.1, -0.05) is 12.8 Å². The fraction of sp³-hybridized carbons (Fsp3) is 0.647. The molecule has 1 fully saturated rings. The number of anilines is 1. The first kappa shape index (κ1) is 17.5. The molecule has 0 saturated heterocycles. The third kappa shape index (κ3) is 4.58. The van der Waals surface area contributed by atoms with Crippen LogP contribution in [0.15, 0.2) is 23.1 Å². The van der Waals surface area contributed by atoms with E-state index in [9.17, 15) is 9.59 Å². The molecule has 1 aliphatic carbocycles. The number of pyridine rings is 1. The Labute approximate surface area is 136 Å². The van der Waals surface area contributed by atoms with Gasteiger partial charge in [-0.3, -0.25) is 10.1 Å². The van der Waals surface area contributed by atoms with E-state index in [2.05, 4.69) is 5.32 Å². The summed E-state index contributed by atoms with van der Waals surface area (Å²) in [5, 5.41) is 2.54. The van der Waals surface area contributed by atoms with Gasteiger partial charge in [0.05, 0.1) is 12.1 Å². The minimum atomic E-state index is -0.626. The molecule has 23 heavy (non-hydrogen) atoms. The number of carbonyl (C=O) groups is 1. The first-order chi connectivity index (χ1) is 10.8. The average molecular weight is 322 g/mol. The van der Waals surface area contributed by atoms with Gasteiger partial charge >= 0.3 is 6.09 Å². The first-order valence-corrected chi connectivity index (χ1v) is 8.06. The zero-order valence-corrected chi connectivity index (χ0v) is 14.3. The van der Waals surface area contributed by atoms with Crippen molar-refractivity contribution in [1.82, 2.24) is 4.57 Å². The maximum Gasteiger partial charge on any atom is 0.412 e. The summed E-state index contributed by atoms with van der Waals surface area (Å²) in [6.45, 7) is 5.34. The van der Waals surface area contributed by atoms with Gasteiger partial charge in [0, 0.05) is 13.3 Å². The summed E-state index contributed by atoms with van der Waals surface area (Å²) in [7, 11) is 1.68. The minimum Gasteiger partial charge on any atom is -0.444 e. The number of amides is 1. The third-order valence-electron chi connectivity index (χ3n) is 3.94. The molecule has 1 aliphatic rings. The molecule has 0 spiro atoms. The Morgan fingerprint density at radius 2 is 2.00 bits per heavy atom. The largest absolute Gasteiger partial charge is 0.444 e. The van der Waals surface area contributed by atoms with E-state index >= 15 is 0 Å². The number of nitrogens with one attached hydrogen (secondary N) is 1. The Morgan fingerprint density at radius 3 is 2.65 bits per heavy atom. The molecule has 6 nitrogen and oxygen atoms in total. The van der Waals surface area contributed by atoms with Crippen LogP contribution < -0.4 is 10.9 Å². The molecule has 0 bridgehead atoms. The third-order valence-corrected chi connectivity index (χ3v) is 3.94. The second-order valence-corrected chi connectivity index (χ2v) is 6.89. The summed E-state index contributed by atoms with van der Waals surface area (Å²) in [6, 6.07) is 3.35. The molecule has 128 valence electrons. The summed E-state index contributed by atoms with van der Waals surface area (Å²) in [4.78, 5) is 24.6. The van der Waals surface area contributed by atoms with Gasteiger partial charge in [0.1, 0.15) is 11.3 Å². The number of rotatable bonds is 3. The van der Waals surface area contributed by atoms with Crippen molar-refractivity contribution >= 4 is 11.8 Å². The standard InChI is InChI=1S/C17H26N2O4/c1-17(2,3)23-16(21)18-12-8-7-11-19(15(12)20)13-9-5-6-10-14(13)22-4/h7-8,11,13-14H,5-6,9-10H2,1-4H3,(H,18,21)/t13-,14+/m1/s1. The molecule has 1 aromatic heterocycles. The fourth-order valence-corrected chi connectivity index (χ4v) is 2.95. The highest BCUT2D eigenvalue weighted by atomic mass is 16.6. The lowest BCUT2D eigenvalue weighted by Crippen LogP contribution is -2.37. The van der Waals surface area contributed by atoms with Crippen molar-refractivity contribution in [1.29, 1.82) is 0 Å². The highest BCUT2D eigenvalue weighted by Gasteiger charge is 2.27. The van der Waals surface area contributed by atoms with E-state index in [1.807, 2.05) is 0 Å². The number of ether oxygens (including phenoxy) is 2. The van der Waals surface area contributed by atoms with Gasteiger partial charge in [0.25, 0.3) is 5.56 Å². The summed E-state index contributed by atoms with van der Waals surface area (Å²) in [5.41, 5.74) is -0.614. The highest BCUT2D eigenvalue weighted by Crippen LogP contribution is 2.29. The van der Waals surface area contributed by atoms with E-state index in [4.69, 9.17) is 9.47 Å². The van der Waals surface area contributed by atoms with Gasteiger partial charge in [-0.15, -0.1) is 0 Å². The van der Waals surface area contributed by atoms with E-state index in [-0.39, 0.29) is 23.4 Å². The normalized spacial score (nSPS) is 21.7. The molecule has 6 heteroatoms. The summed E-state index contributed by atoms with van der Waals surface area (Å²) in [5.74, 6) is 0. The lowest BCUT2D eigenvalue weighted by molar-refractivity contribution is 0.0278.